The number of aliphatic hydroxyl groups excluding tert-OH is 1. The minimum absolute atomic E-state index is 0.167. The van der Waals surface area contributed by atoms with Crippen LogP contribution in [-0.2, 0) is 19.1 Å². The number of hydrogen-bond acceptors (Lipinski definition) is 5. The summed E-state index contributed by atoms with van der Waals surface area (Å²) in [7, 11) is 1.00. The molecule has 0 saturated heterocycles. The van der Waals surface area contributed by atoms with Crippen LogP contribution in [0, 0.1) is 0 Å². The lowest BCUT2D eigenvalue weighted by Gasteiger charge is -1.89. The van der Waals surface area contributed by atoms with Crippen LogP contribution in [0.5, 0.6) is 0 Å². The summed E-state index contributed by atoms with van der Waals surface area (Å²) in [5, 5.41) is 7.00. The third-order valence-corrected chi connectivity index (χ3v) is 0.756. The number of esters is 1. The van der Waals surface area contributed by atoms with Crippen LogP contribution in [0.4, 0.5) is 0 Å². The summed E-state index contributed by atoms with van der Waals surface area (Å²) in [6.45, 7) is 12.4. The van der Waals surface area contributed by atoms with Crippen LogP contribution >= 0.6 is 0 Å². The van der Waals surface area contributed by atoms with Crippen molar-refractivity contribution in [3.05, 3.63) is 0 Å². The van der Waals surface area contributed by atoms with E-state index in [2.05, 4.69) is 4.74 Å². The van der Waals surface area contributed by atoms with Crippen molar-refractivity contribution < 1.29 is 24.2 Å². The Kier molecular flexibility index (Phi) is 43.3. The Morgan fingerprint density at radius 3 is 1.18 bits per heavy atom. The van der Waals surface area contributed by atoms with E-state index in [0.29, 0.717) is 6.61 Å². The van der Waals surface area contributed by atoms with Crippen LogP contribution in [0.15, 0.2) is 0 Å². The minimum atomic E-state index is -0.211. The Morgan fingerprint density at radius 2 is 1.18 bits per heavy atom. The zero-order chi connectivity index (χ0) is 14.7. The standard InChI is InChI=1S/C4H8O2.C4H10O.C3H6O.CH4O/c1-3-6-4(2)5;1-3-5-4-2;1-3(2)4;1-2/h3H2,1-2H3;3-4H2,1-2H3;1-2H3;2H,1H3. The van der Waals surface area contributed by atoms with Gasteiger partial charge in [-0.25, -0.2) is 0 Å². The molecule has 5 nitrogen and oxygen atoms in total. The number of ketones is 1. The number of carbonyl (C=O) groups is 2. The highest BCUT2D eigenvalue weighted by Crippen LogP contribution is 1.69. The van der Waals surface area contributed by atoms with Crippen LogP contribution in [0.2, 0.25) is 0 Å². The monoisotopic (exact) mass is 252 g/mol. The lowest BCUT2D eigenvalue weighted by Crippen LogP contribution is -1.95. The first-order valence-electron chi connectivity index (χ1n) is 5.55. The molecule has 0 aromatic heterocycles. The van der Waals surface area contributed by atoms with Gasteiger partial charge in [-0.3, -0.25) is 4.79 Å². The van der Waals surface area contributed by atoms with E-state index in [9.17, 15) is 9.59 Å². The molecule has 0 atom stereocenters. The molecule has 0 aliphatic heterocycles. The number of carbonyl (C=O) groups excluding carboxylic acids is 2. The highest BCUT2D eigenvalue weighted by atomic mass is 16.5. The molecule has 0 aromatic carbocycles. The fourth-order valence-electron chi connectivity index (χ4n) is 0.407. The lowest BCUT2D eigenvalue weighted by atomic mass is 10.6. The molecule has 0 spiro atoms. The van der Waals surface area contributed by atoms with E-state index in [1.807, 2.05) is 13.8 Å². The van der Waals surface area contributed by atoms with Crippen LogP contribution in [0.1, 0.15) is 41.5 Å². The molecule has 0 aliphatic rings. The van der Waals surface area contributed by atoms with Crippen LogP contribution in [-0.4, -0.2) is 43.8 Å². The molecule has 0 radical (unpaired) electrons. The van der Waals surface area contributed by atoms with E-state index in [0.717, 1.165) is 20.3 Å². The maximum Gasteiger partial charge on any atom is 0.302 e. The summed E-state index contributed by atoms with van der Waals surface area (Å²) in [6, 6.07) is 0. The van der Waals surface area contributed by atoms with E-state index >= 15 is 0 Å². The summed E-state index contributed by atoms with van der Waals surface area (Å²) in [5.41, 5.74) is 0. The molecule has 0 heterocycles. The fraction of sp³-hybridized carbons (Fsp3) is 0.833. The molecule has 0 aliphatic carbocycles. The Hall–Kier alpha value is -0.940. The molecule has 0 amide bonds. The number of aliphatic hydroxyl groups is 1. The molecule has 1 N–H and O–H groups in total. The highest BCUT2D eigenvalue weighted by molar-refractivity contribution is 5.72. The van der Waals surface area contributed by atoms with Gasteiger partial charge in [0.25, 0.3) is 0 Å². The third-order valence-electron chi connectivity index (χ3n) is 0.756. The van der Waals surface area contributed by atoms with Crippen molar-refractivity contribution in [1.29, 1.82) is 0 Å². The largest absolute Gasteiger partial charge is 0.466 e. The number of hydrogen-bond donors (Lipinski definition) is 1. The molecule has 0 bridgehead atoms. The number of Topliss-reactive ketones (excluding diaryl/α,β-unsaturated/α-hetero) is 1. The summed E-state index contributed by atoms with van der Waals surface area (Å²) >= 11 is 0. The number of ether oxygens (including phenoxy) is 2. The van der Waals surface area contributed by atoms with Crippen molar-refractivity contribution in [1.82, 2.24) is 0 Å². The Labute approximate surface area is 105 Å². The number of rotatable bonds is 3. The van der Waals surface area contributed by atoms with Crippen molar-refractivity contribution in [2.45, 2.75) is 41.5 Å². The van der Waals surface area contributed by atoms with Gasteiger partial charge < -0.3 is 19.4 Å². The van der Waals surface area contributed by atoms with Crippen molar-refractivity contribution >= 4 is 11.8 Å². The summed E-state index contributed by atoms with van der Waals surface area (Å²) in [5.74, 6) is -0.0440. The molecule has 106 valence electrons. The Morgan fingerprint density at radius 1 is 0.882 bits per heavy atom. The first kappa shape index (κ1) is 25.0. The fourth-order valence-corrected chi connectivity index (χ4v) is 0.407. The van der Waals surface area contributed by atoms with Crippen LogP contribution in [0.3, 0.4) is 0 Å². The Bertz CT molecular complexity index is 140. The SMILES string of the molecule is CC(C)=O.CCOC(C)=O.CCOCC.CO. The minimum Gasteiger partial charge on any atom is -0.466 e. The zero-order valence-electron chi connectivity index (χ0n) is 12.2. The lowest BCUT2D eigenvalue weighted by molar-refractivity contribution is -0.140. The summed E-state index contributed by atoms with van der Waals surface area (Å²) in [4.78, 5) is 19.3. The third kappa shape index (κ3) is 156. The van der Waals surface area contributed by atoms with Gasteiger partial charge in [0.2, 0.25) is 0 Å². The van der Waals surface area contributed by atoms with Gasteiger partial charge in [0.1, 0.15) is 5.78 Å². The van der Waals surface area contributed by atoms with Gasteiger partial charge in [0.05, 0.1) is 6.61 Å². The van der Waals surface area contributed by atoms with Gasteiger partial charge in [0, 0.05) is 27.2 Å². The van der Waals surface area contributed by atoms with E-state index in [1.165, 1.54) is 20.8 Å². The molecule has 0 unspecified atom stereocenters. The summed E-state index contributed by atoms with van der Waals surface area (Å²) < 4.78 is 9.24. The maximum atomic E-state index is 9.82. The quantitative estimate of drug-likeness (QED) is 0.776. The molecule has 17 heavy (non-hydrogen) atoms. The van der Waals surface area contributed by atoms with Crippen LogP contribution in [0.25, 0.3) is 0 Å². The van der Waals surface area contributed by atoms with Crippen LogP contribution < -0.4 is 0 Å². The highest BCUT2D eigenvalue weighted by Gasteiger charge is 1.81. The van der Waals surface area contributed by atoms with Gasteiger partial charge >= 0.3 is 5.97 Å². The molecule has 0 rings (SSSR count). The molecular formula is C12H28O5. The second kappa shape index (κ2) is 29.4. The first-order chi connectivity index (χ1) is 7.92. The van der Waals surface area contributed by atoms with E-state index in [1.54, 1.807) is 6.92 Å². The topological polar surface area (TPSA) is 72.8 Å². The predicted molar refractivity (Wildman–Crippen MR) is 69.0 cm³/mol. The molecule has 0 aromatic rings. The van der Waals surface area contributed by atoms with Gasteiger partial charge in [-0.2, -0.15) is 0 Å². The molecular weight excluding hydrogens is 224 g/mol. The average molecular weight is 252 g/mol. The van der Waals surface area contributed by atoms with Crippen molar-refractivity contribution in [2.24, 2.45) is 0 Å². The summed E-state index contributed by atoms with van der Waals surface area (Å²) in [6.07, 6.45) is 0. The second-order valence-electron chi connectivity index (χ2n) is 2.61. The van der Waals surface area contributed by atoms with E-state index < -0.39 is 0 Å². The maximum absolute atomic E-state index is 9.82. The van der Waals surface area contributed by atoms with Crippen molar-refractivity contribution in [3.63, 3.8) is 0 Å². The van der Waals surface area contributed by atoms with E-state index in [4.69, 9.17) is 9.84 Å². The van der Waals surface area contributed by atoms with Crippen molar-refractivity contribution in [2.75, 3.05) is 26.9 Å². The Balaban J connectivity index is -0.0000000705. The predicted octanol–water partition coefficient (Wildman–Crippen LogP) is 1.82. The first-order valence-corrected chi connectivity index (χ1v) is 5.55. The zero-order valence-corrected chi connectivity index (χ0v) is 12.2. The van der Waals surface area contributed by atoms with E-state index in [-0.39, 0.29) is 11.8 Å². The normalized spacial score (nSPS) is 7.06. The van der Waals surface area contributed by atoms with Gasteiger partial charge in [-0.15, -0.1) is 0 Å². The van der Waals surface area contributed by atoms with Crippen molar-refractivity contribution in [3.8, 4) is 0 Å². The van der Waals surface area contributed by atoms with Gasteiger partial charge in [0.15, 0.2) is 0 Å². The molecule has 0 saturated carbocycles. The van der Waals surface area contributed by atoms with Gasteiger partial charge in [-0.05, 0) is 34.6 Å². The average Bonchev–Trinajstić information content (AvgIpc) is 2.21. The molecule has 0 fully saturated rings. The second-order valence-corrected chi connectivity index (χ2v) is 2.61. The smallest absolute Gasteiger partial charge is 0.302 e. The molecule has 5 heteroatoms. The van der Waals surface area contributed by atoms with Gasteiger partial charge in [-0.1, -0.05) is 0 Å².